The predicted octanol–water partition coefficient (Wildman–Crippen LogP) is 15.2. The van der Waals surface area contributed by atoms with Crippen LogP contribution in [0.15, 0.2) is 218 Å². The zero-order chi connectivity index (χ0) is 36.7. The molecular formula is C54H44. The molecule has 0 aliphatic heterocycles. The minimum atomic E-state index is 0.940. The minimum Gasteiger partial charge on any atom is -0.0991 e. The van der Waals surface area contributed by atoms with Gasteiger partial charge in [0.25, 0.3) is 0 Å². The Labute approximate surface area is 320 Å². The molecule has 0 saturated carbocycles. The van der Waals surface area contributed by atoms with Crippen molar-refractivity contribution in [3.8, 4) is 44.5 Å². The van der Waals surface area contributed by atoms with Gasteiger partial charge in [-0.2, -0.15) is 0 Å². The van der Waals surface area contributed by atoms with Gasteiger partial charge >= 0.3 is 0 Å². The standard InChI is InChI=1S/C54H44/c1-3-4-14-39(2)51-22-13-21-42(46-25-23-44(24-26-46)40-15-7-5-8-16-40)33-35-52(50-32-31-43-19-11-12-20-48(43)37-50)53-36-34-49(38-54(51)53)47-29-27-45(28-30-47)41-17-9-6-10-18-41/h3-11,13-19,21-30,33-38H,1-2,12,20,31-32H2/b14-4-,21-13?,22-13?,35-33?,42-21?,42-33?,51-22?,52-35?,53-52?,54-51?. The van der Waals surface area contributed by atoms with Crippen molar-refractivity contribution in [3.05, 3.63) is 230 Å². The summed E-state index contributed by atoms with van der Waals surface area (Å²) in [6.45, 7) is 8.54. The van der Waals surface area contributed by atoms with Gasteiger partial charge < -0.3 is 0 Å². The summed E-state index contributed by atoms with van der Waals surface area (Å²) in [5.74, 6) is 0. The van der Waals surface area contributed by atoms with Crippen molar-refractivity contribution in [1.82, 2.24) is 0 Å². The molecule has 6 aromatic carbocycles. The van der Waals surface area contributed by atoms with E-state index in [2.05, 4.69) is 195 Å². The van der Waals surface area contributed by atoms with Crippen LogP contribution in [0.5, 0.6) is 0 Å². The average Bonchev–Trinajstić information content (AvgIpc) is 3.24. The minimum absolute atomic E-state index is 0.940. The fraction of sp³-hybridized carbons (Fsp3) is 0.0741. The number of rotatable bonds is 8. The summed E-state index contributed by atoms with van der Waals surface area (Å²) in [5.41, 5.74) is 17.2. The fourth-order valence-corrected chi connectivity index (χ4v) is 7.74. The third-order valence-electron chi connectivity index (χ3n) is 10.7. The molecule has 0 heteroatoms. The molecule has 8 rings (SSSR count). The monoisotopic (exact) mass is 692 g/mol. The van der Waals surface area contributed by atoms with Gasteiger partial charge in [0, 0.05) is 0 Å². The highest BCUT2D eigenvalue weighted by atomic mass is 14.2. The van der Waals surface area contributed by atoms with E-state index in [1.54, 1.807) is 0 Å². The number of allylic oxidation sites excluding steroid dienone is 10. The Hall–Kier alpha value is -6.50. The van der Waals surface area contributed by atoms with Crippen LogP contribution in [0.2, 0.25) is 0 Å². The topological polar surface area (TPSA) is 0 Å². The predicted molar refractivity (Wildman–Crippen MR) is 234 cm³/mol. The van der Waals surface area contributed by atoms with E-state index in [9.17, 15) is 0 Å². The number of hydrogen-bond donors (Lipinski definition) is 0. The highest BCUT2D eigenvalue weighted by Gasteiger charge is 2.17. The molecule has 2 aliphatic rings. The summed E-state index contributed by atoms with van der Waals surface area (Å²) in [6, 6.07) is 57.3. The summed E-state index contributed by atoms with van der Waals surface area (Å²) >= 11 is 0. The lowest BCUT2D eigenvalue weighted by molar-refractivity contribution is 0.894. The molecule has 2 aliphatic carbocycles. The molecule has 54 heavy (non-hydrogen) atoms. The molecule has 6 aromatic rings. The first kappa shape index (κ1) is 34.6. The van der Waals surface area contributed by atoms with Crippen LogP contribution in [0, 0.1) is 0 Å². The molecule has 0 spiro atoms. The van der Waals surface area contributed by atoms with Gasteiger partial charge in [0.2, 0.25) is 0 Å². The van der Waals surface area contributed by atoms with Crippen molar-refractivity contribution < 1.29 is 0 Å². The Morgan fingerprint density at radius 3 is 1.65 bits per heavy atom. The first-order valence-electron chi connectivity index (χ1n) is 19.0. The molecule has 0 bridgehead atoms. The molecule has 0 atom stereocenters. The Kier molecular flexibility index (Phi) is 10.3. The molecule has 0 unspecified atom stereocenters. The average molecular weight is 693 g/mol. The second-order valence-corrected chi connectivity index (χ2v) is 14.1. The molecule has 0 nitrogen and oxygen atoms in total. The maximum absolute atomic E-state index is 4.60. The van der Waals surface area contributed by atoms with Crippen molar-refractivity contribution in [1.29, 1.82) is 0 Å². The second kappa shape index (κ2) is 16.0. The summed E-state index contributed by atoms with van der Waals surface area (Å²) < 4.78 is 0. The lowest BCUT2D eigenvalue weighted by atomic mass is 9.83. The Balaban J connectivity index is 1.34. The zero-order valence-electron chi connectivity index (χ0n) is 30.7. The van der Waals surface area contributed by atoms with Crippen molar-refractivity contribution in [2.45, 2.75) is 25.7 Å². The van der Waals surface area contributed by atoms with Crippen LogP contribution in [0.3, 0.4) is 0 Å². The molecular weight excluding hydrogens is 649 g/mol. The van der Waals surface area contributed by atoms with Crippen LogP contribution in [0.4, 0.5) is 0 Å². The second-order valence-electron chi connectivity index (χ2n) is 14.1. The Morgan fingerprint density at radius 1 is 0.481 bits per heavy atom. The highest BCUT2D eigenvalue weighted by molar-refractivity contribution is 6.02. The van der Waals surface area contributed by atoms with Crippen LogP contribution in [-0.4, -0.2) is 0 Å². The molecule has 260 valence electrons. The van der Waals surface area contributed by atoms with E-state index >= 15 is 0 Å². The van der Waals surface area contributed by atoms with E-state index in [4.69, 9.17) is 0 Å². The van der Waals surface area contributed by atoms with Crippen molar-refractivity contribution in [2.75, 3.05) is 0 Å². The van der Waals surface area contributed by atoms with Gasteiger partial charge in [-0.3, -0.25) is 0 Å². The molecule has 0 N–H and O–H groups in total. The molecule has 0 aromatic heterocycles. The molecule has 0 heterocycles. The van der Waals surface area contributed by atoms with Gasteiger partial charge in [0.1, 0.15) is 0 Å². The van der Waals surface area contributed by atoms with Gasteiger partial charge in [-0.15, -0.1) is 0 Å². The lowest BCUT2D eigenvalue weighted by Crippen LogP contribution is -2.01. The number of benzene rings is 5. The van der Waals surface area contributed by atoms with Gasteiger partial charge in [0.05, 0.1) is 0 Å². The highest BCUT2D eigenvalue weighted by Crippen LogP contribution is 2.39. The molecule has 0 radical (unpaired) electrons. The summed E-state index contributed by atoms with van der Waals surface area (Å²) in [7, 11) is 0. The molecule has 0 saturated heterocycles. The van der Waals surface area contributed by atoms with Gasteiger partial charge in [-0.1, -0.05) is 201 Å². The van der Waals surface area contributed by atoms with Crippen LogP contribution in [0.25, 0.3) is 66.4 Å². The largest absolute Gasteiger partial charge is 0.0991 e. The first-order chi connectivity index (χ1) is 26.6. The quantitative estimate of drug-likeness (QED) is 0.139. The zero-order valence-corrected chi connectivity index (χ0v) is 30.7. The number of fused-ring (bicyclic) bond motifs is 1. The molecule has 0 fully saturated rings. The van der Waals surface area contributed by atoms with Gasteiger partial charge in [0.15, 0.2) is 0 Å². The van der Waals surface area contributed by atoms with Crippen LogP contribution in [0.1, 0.15) is 36.8 Å². The lowest BCUT2D eigenvalue weighted by Gasteiger charge is -2.22. The first-order valence-corrected chi connectivity index (χ1v) is 19.0. The van der Waals surface area contributed by atoms with E-state index in [-0.39, 0.29) is 0 Å². The summed E-state index contributed by atoms with van der Waals surface area (Å²) in [5, 5.41) is 2.38. The van der Waals surface area contributed by atoms with E-state index in [1.165, 1.54) is 72.0 Å². The third-order valence-corrected chi connectivity index (χ3v) is 10.7. The van der Waals surface area contributed by atoms with Crippen LogP contribution < -0.4 is 0 Å². The van der Waals surface area contributed by atoms with Crippen molar-refractivity contribution in [3.63, 3.8) is 0 Å². The van der Waals surface area contributed by atoms with Crippen molar-refractivity contribution in [2.24, 2.45) is 0 Å². The SMILES string of the molecule is C=C/C=C\C(=C)c1cccc(-c2ccc(-c3ccccc3)cc2)ccc(C2=CC3=C(C=CCC3)CC2)c2ccc(-c3ccc(-c4ccccc4)cc3)cc12. The third kappa shape index (κ3) is 7.51. The van der Waals surface area contributed by atoms with Crippen molar-refractivity contribution >= 4 is 21.9 Å². The van der Waals surface area contributed by atoms with E-state index < -0.39 is 0 Å². The van der Waals surface area contributed by atoms with Crippen LogP contribution in [-0.2, 0) is 0 Å². The summed E-state index contributed by atoms with van der Waals surface area (Å²) in [6.07, 6.45) is 17.3. The smallest absolute Gasteiger partial charge is 0.00933 e. The van der Waals surface area contributed by atoms with Crippen LogP contribution >= 0.6 is 0 Å². The van der Waals surface area contributed by atoms with E-state index in [0.29, 0.717) is 0 Å². The number of hydrogen-bond acceptors (Lipinski definition) is 0. The maximum Gasteiger partial charge on any atom is -0.00933 e. The Bertz CT molecular complexity index is 2520. The van der Waals surface area contributed by atoms with Gasteiger partial charge in [-0.05, 0) is 120 Å². The molecule has 0 amide bonds. The maximum atomic E-state index is 4.60. The fourth-order valence-electron chi connectivity index (χ4n) is 7.74. The van der Waals surface area contributed by atoms with Gasteiger partial charge in [-0.25, -0.2) is 0 Å². The summed E-state index contributed by atoms with van der Waals surface area (Å²) in [4.78, 5) is 0. The normalized spacial score (nSPS) is 13.7. The van der Waals surface area contributed by atoms with E-state index in [0.717, 1.165) is 42.4 Å². The Morgan fingerprint density at radius 2 is 1.02 bits per heavy atom. The van der Waals surface area contributed by atoms with E-state index in [1.807, 2.05) is 12.2 Å².